The average molecular weight is 414 g/mol. The Morgan fingerprint density at radius 1 is 1.07 bits per heavy atom. The van der Waals surface area contributed by atoms with Gasteiger partial charge in [-0.2, -0.15) is 0 Å². The van der Waals surface area contributed by atoms with E-state index < -0.39 is 10.0 Å². The van der Waals surface area contributed by atoms with Gasteiger partial charge >= 0.3 is 0 Å². The summed E-state index contributed by atoms with van der Waals surface area (Å²) in [6, 6.07) is 6.94. The van der Waals surface area contributed by atoms with Gasteiger partial charge in [-0.1, -0.05) is 11.6 Å². The van der Waals surface area contributed by atoms with Gasteiger partial charge in [0.2, 0.25) is 0 Å². The van der Waals surface area contributed by atoms with E-state index in [2.05, 4.69) is 4.72 Å². The van der Waals surface area contributed by atoms with Crippen LogP contribution in [0.5, 0.6) is 17.2 Å². The Hall–Kier alpha value is -2.45. The Kier molecular flexibility index (Phi) is 6.56. The van der Waals surface area contributed by atoms with E-state index in [1.165, 1.54) is 51.5 Å². The fourth-order valence-corrected chi connectivity index (χ4v) is 3.78. The van der Waals surface area contributed by atoms with Crippen molar-refractivity contribution in [2.45, 2.75) is 18.7 Å². The first-order chi connectivity index (χ1) is 12.7. The van der Waals surface area contributed by atoms with E-state index in [-0.39, 0.29) is 32.7 Å². The number of ketones is 1. The van der Waals surface area contributed by atoms with Crippen LogP contribution in [0.25, 0.3) is 0 Å². The monoisotopic (exact) mass is 413 g/mol. The fraction of sp³-hybridized carbons (Fsp3) is 0.278. The van der Waals surface area contributed by atoms with E-state index in [1.54, 1.807) is 6.92 Å². The highest BCUT2D eigenvalue weighted by Gasteiger charge is 2.21. The first-order valence-corrected chi connectivity index (χ1v) is 9.81. The summed E-state index contributed by atoms with van der Waals surface area (Å²) < 4.78 is 43.6. The van der Waals surface area contributed by atoms with Crippen molar-refractivity contribution in [2.24, 2.45) is 0 Å². The molecule has 0 amide bonds. The number of benzene rings is 2. The Labute approximate surface area is 163 Å². The molecular weight excluding hydrogens is 394 g/mol. The highest BCUT2D eigenvalue weighted by atomic mass is 35.5. The molecule has 2 aromatic carbocycles. The number of anilines is 1. The van der Waals surface area contributed by atoms with Crippen molar-refractivity contribution in [2.75, 3.05) is 25.5 Å². The van der Waals surface area contributed by atoms with E-state index in [1.807, 2.05) is 0 Å². The molecule has 0 heterocycles. The van der Waals surface area contributed by atoms with Crippen molar-refractivity contribution >= 4 is 33.1 Å². The molecule has 0 aliphatic carbocycles. The summed E-state index contributed by atoms with van der Waals surface area (Å²) in [5, 5.41) is 0.166. The van der Waals surface area contributed by atoms with Gasteiger partial charge in [-0.25, -0.2) is 8.42 Å². The smallest absolute Gasteiger partial charge is 0.261 e. The Morgan fingerprint density at radius 3 is 2.22 bits per heavy atom. The first kappa shape index (κ1) is 20.9. The molecule has 2 rings (SSSR count). The molecule has 0 fully saturated rings. The third kappa shape index (κ3) is 4.64. The SMILES string of the molecule is CCOc1ccc(S(=O)(=O)Nc2cc(OC)c(OC)cc2C(C)=O)cc1Cl. The lowest BCUT2D eigenvalue weighted by atomic mass is 10.1. The van der Waals surface area contributed by atoms with Crippen LogP contribution in [-0.4, -0.2) is 35.0 Å². The largest absolute Gasteiger partial charge is 0.493 e. The molecule has 0 unspecified atom stereocenters. The normalized spacial score (nSPS) is 11.0. The van der Waals surface area contributed by atoms with Crippen molar-refractivity contribution < 1.29 is 27.4 Å². The molecule has 146 valence electrons. The van der Waals surface area contributed by atoms with Crippen LogP contribution in [0.15, 0.2) is 35.2 Å². The summed E-state index contributed by atoms with van der Waals surface area (Å²) in [5.41, 5.74) is 0.221. The molecule has 1 N–H and O–H groups in total. The molecule has 27 heavy (non-hydrogen) atoms. The van der Waals surface area contributed by atoms with E-state index in [0.29, 0.717) is 18.1 Å². The van der Waals surface area contributed by atoms with Gasteiger partial charge in [0, 0.05) is 11.6 Å². The van der Waals surface area contributed by atoms with Gasteiger partial charge in [0.25, 0.3) is 10.0 Å². The van der Waals surface area contributed by atoms with Crippen molar-refractivity contribution in [3.63, 3.8) is 0 Å². The van der Waals surface area contributed by atoms with Gasteiger partial charge in [0.05, 0.1) is 36.4 Å². The van der Waals surface area contributed by atoms with Crippen LogP contribution in [0, 0.1) is 0 Å². The number of hydrogen-bond acceptors (Lipinski definition) is 6. The third-order valence-corrected chi connectivity index (χ3v) is 5.32. The zero-order chi connectivity index (χ0) is 20.2. The van der Waals surface area contributed by atoms with Crippen LogP contribution < -0.4 is 18.9 Å². The number of rotatable bonds is 8. The summed E-state index contributed by atoms with van der Waals surface area (Å²) in [7, 11) is -1.17. The molecule has 0 spiro atoms. The predicted octanol–water partition coefficient (Wildman–Crippen LogP) is 3.76. The van der Waals surface area contributed by atoms with E-state index in [4.69, 9.17) is 25.8 Å². The van der Waals surface area contributed by atoms with Gasteiger partial charge in [-0.15, -0.1) is 0 Å². The number of ether oxygens (including phenoxy) is 3. The minimum atomic E-state index is -4.01. The van der Waals surface area contributed by atoms with Gasteiger partial charge in [-0.3, -0.25) is 9.52 Å². The van der Waals surface area contributed by atoms with Crippen molar-refractivity contribution in [3.8, 4) is 17.2 Å². The molecule has 0 atom stereocenters. The van der Waals surface area contributed by atoms with Gasteiger partial charge in [-0.05, 0) is 38.1 Å². The minimum absolute atomic E-state index is 0.0692. The standard InChI is InChI=1S/C18H20ClNO6S/c1-5-26-16-7-6-12(8-14(16)19)27(22,23)20-15-10-18(25-4)17(24-3)9-13(15)11(2)21/h6-10,20H,5H2,1-4H3. The van der Waals surface area contributed by atoms with E-state index in [0.717, 1.165) is 0 Å². The number of carbonyl (C=O) groups excluding carboxylic acids is 1. The third-order valence-electron chi connectivity index (χ3n) is 3.66. The average Bonchev–Trinajstić information content (AvgIpc) is 2.62. The van der Waals surface area contributed by atoms with Crippen molar-refractivity contribution in [1.82, 2.24) is 0 Å². The molecule has 0 aromatic heterocycles. The second-order valence-electron chi connectivity index (χ2n) is 5.44. The zero-order valence-corrected chi connectivity index (χ0v) is 16.9. The van der Waals surface area contributed by atoms with Crippen LogP contribution in [0.2, 0.25) is 5.02 Å². The molecule has 0 saturated carbocycles. The van der Waals surface area contributed by atoms with E-state index in [9.17, 15) is 13.2 Å². The number of hydrogen-bond donors (Lipinski definition) is 1. The number of sulfonamides is 1. The summed E-state index contributed by atoms with van der Waals surface area (Å²) in [6.07, 6.45) is 0. The van der Waals surface area contributed by atoms with E-state index >= 15 is 0 Å². The second kappa shape index (κ2) is 8.49. The molecule has 2 aromatic rings. The van der Waals surface area contributed by atoms with Gasteiger partial charge in [0.1, 0.15) is 5.75 Å². The molecule has 0 aliphatic heterocycles. The lowest BCUT2D eigenvalue weighted by Crippen LogP contribution is -2.15. The van der Waals surface area contributed by atoms with Gasteiger partial charge < -0.3 is 14.2 Å². The Bertz CT molecular complexity index is 959. The molecule has 0 aliphatic rings. The van der Waals surface area contributed by atoms with Crippen molar-refractivity contribution in [3.05, 3.63) is 40.9 Å². The van der Waals surface area contributed by atoms with Crippen LogP contribution in [0.1, 0.15) is 24.2 Å². The summed E-state index contributed by atoms with van der Waals surface area (Å²) >= 11 is 6.08. The number of halogens is 1. The first-order valence-electron chi connectivity index (χ1n) is 7.95. The van der Waals surface area contributed by atoms with Gasteiger partial charge in [0.15, 0.2) is 17.3 Å². The second-order valence-corrected chi connectivity index (χ2v) is 7.53. The summed E-state index contributed by atoms with van der Waals surface area (Å²) in [4.78, 5) is 11.9. The molecule has 7 nitrogen and oxygen atoms in total. The maximum atomic E-state index is 12.8. The molecule has 0 saturated heterocycles. The molecule has 0 bridgehead atoms. The van der Waals surface area contributed by atoms with Crippen LogP contribution in [-0.2, 0) is 10.0 Å². The van der Waals surface area contributed by atoms with Crippen LogP contribution >= 0.6 is 11.6 Å². The zero-order valence-electron chi connectivity index (χ0n) is 15.3. The summed E-state index contributed by atoms with van der Waals surface area (Å²) in [5.74, 6) is 0.645. The van der Waals surface area contributed by atoms with Crippen molar-refractivity contribution in [1.29, 1.82) is 0 Å². The Balaban J connectivity index is 2.48. The number of carbonyl (C=O) groups is 1. The lowest BCUT2D eigenvalue weighted by molar-refractivity contribution is 0.101. The predicted molar refractivity (Wildman–Crippen MR) is 103 cm³/mol. The lowest BCUT2D eigenvalue weighted by Gasteiger charge is -2.15. The molecule has 9 heteroatoms. The molecular formula is C18H20ClNO6S. The maximum absolute atomic E-state index is 12.8. The summed E-state index contributed by atoms with van der Waals surface area (Å²) in [6.45, 7) is 3.52. The number of methoxy groups -OCH3 is 2. The number of nitrogens with one attached hydrogen (secondary N) is 1. The highest BCUT2D eigenvalue weighted by Crippen LogP contribution is 2.35. The Morgan fingerprint density at radius 2 is 1.70 bits per heavy atom. The van der Waals surface area contributed by atoms with Crippen LogP contribution in [0.3, 0.4) is 0 Å². The topological polar surface area (TPSA) is 90.9 Å². The minimum Gasteiger partial charge on any atom is -0.493 e. The number of Topliss-reactive ketones (excluding diaryl/α,β-unsaturated/α-hetero) is 1. The quantitative estimate of drug-likeness (QED) is 0.662. The molecule has 0 radical (unpaired) electrons. The highest BCUT2D eigenvalue weighted by molar-refractivity contribution is 7.92. The van der Waals surface area contributed by atoms with Crippen LogP contribution in [0.4, 0.5) is 5.69 Å². The maximum Gasteiger partial charge on any atom is 0.261 e. The fourth-order valence-electron chi connectivity index (χ4n) is 2.38.